The predicted octanol–water partition coefficient (Wildman–Crippen LogP) is 4.73. The quantitative estimate of drug-likeness (QED) is 0.686. The minimum atomic E-state index is -0.772. The second-order valence-electron chi connectivity index (χ2n) is 5.85. The van der Waals surface area contributed by atoms with Crippen LogP contribution in [0.4, 0.5) is 10.1 Å². The molecule has 2 aromatic rings. The zero-order valence-electron chi connectivity index (χ0n) is 15.7. The maximum absolute atomic E-state index is 14.0. The highest BCUT2D eigenvalue weighted by atomic mass is 32.2. The first-order valence-electron chi connectivity index (χ1n) is 8.65. The molecular weight excluding hydrogens is 397 g/mol. The van der Waals surface area contributed by atoms with Crippen molar-refractivity contribution < 1.29 is 28.9 Å². The lowest BCUT2D eigenvalue weighted by Gasteiger charge is -2.04. The Hall–Kier alpha value is -3.26. The second-order valence-corrected chi connectivity index (χ2v) is 6.88. The van der Waals surface area contributed by atoms with Gasteiger partial charge in [0.05, 0.1) is 18.6 Å². The van der Waals surface area contributed by atoms with Crippen LogP contribution < -0.4 is 4.74 Å². The van der Waals surface area contributed by atoms with Crippen molar-refractivity contribution in [1.29, 1.82) is 0 Å². The largest absolute Gasteiger partial charge is 0.507 e. The van der Waals surface area contributed by atoms with E-state index in [-0.39, 0.29) is 39.3 Å². The molecule has 150 valence electrons. The molecule has 8 heteroatoms. The molecule has 0 unspecified atom stereocenters. The van der Waals surface area contributed by atoms with E-state index in [0.717, 1.165) is 11.8 Å². The van der Waals surface area contributed by atoms with Crippen molar-refractivity contribution in [3.8, 4) is 11.5 Å². The number of hydrogen-bond acceptors (Lipinski definition) is 7. The van der Waals surface area contributed by atoms with Crippen LogP contribution in [0.2, 0.25) is 0 Å². The number of hydrogen-bond donors (Lipinski definition) is 2. The minimum Gasteiger partial charge on any atom is -0.507 e. The molecule has 0 spiro atoms. The van der Waals surface area contributed by atoms with Gasteiger partial charge in [0, 0.05) is 5.56 Å². The maximum atomic E-state index is 14.0. The molecule has 6 nitrogen and oxygen atoms in total. The summed E-state index contributed by atoms with van der Waals surface area (Å²) in [4.78, 5) is 16.8. The number of aliphatic imine (C=N–C) groups is 1. The SMILES string of the molecule is CCOC(=O)C1=C(O)C(=Cc2cc(OC)ccc2O)SC1=Nc1ccccc1F. The lowest BCUT2D eigenvalue weighted by molar-refractivity contribution is -0.138. The number of aliphatic hydroxyl groups is 1. The van der Waals surface area contributed by atoms with Crippen LogP contribution in [0.25, 0.3) is 6.08 Å². The number of benzene rings is 2. The van der Waals surface area contributed by atoms with E-state index in [1.54, 1.807) is 25.1 Å². The standard InChI is InChI=1S/C21H18FNO5S/c1-3-28-21(26)18-19(25)17(11-12-10-13(27-2)8-9-16(12)24)29-20(18)23-15-7-5-4-6-14(15)22/h4-11,24-25H,3H2,1-2H3. The molecule has 29 heavy (non-hydrogen) atoms. The molecule has 0 radical (unpaired) electrons. The molecule has 3 rings (SSSR count). The summed E-state index contributed by atoms with van der Waals surface area (Å²) in [5, 5.41) is 20.8. The number of methoxy groups -OCH3 is 1. The Balaban J connectivity index is 2.09. The summed E-state index contributed by atoms with van der Waals surface area (Å²) in [5.41, 5.74) is 0.234. The van der Waals surface area contributed by atoms with E-state index in [2.05, 4.69) is 4.99 Å². The van der Waals surface area contributed by atoms with Gasteiger partial charge in [0.25, 0.3) is 0 Å². The number of rotatable bonds is 5. The number of esters is 1. The Morgan fingerprint density at radius 2 is 2.00 bits per heavy atom. The molecule has 0 bridgehead atoms. The van der Waals surface area contributed by atoms with Gasteiger partial charge in [0.15, 0.2) is 0 Å². The molecule has 2 N–H and O–H groups in total. The molecule has 1 heterocycles. The fourth-order valence-corrected chi connectivity index (χ4v) is 3.58. The molecular formula is C21H18FNO5S. The van der Waals surface area contributed by atoms with Gasteiger partial charge in [0.1, 0.15) is 39.4 Å². The molecule has 0 saturated heterocycles. The number of carbonyl (C=O) groups excluding carboxylic acids is 1. The molecule has 0 aromatic heterocycles. The summed E-state index contributed by atoms with van der Waals surface area (Å²) in [6.07, 6.45) is 1.49. The number of aliphatic hydroxyl groups excluding tert-OH is 1. The molecule has 1 aliphatic rings. The van der Waals surface area contributed by atoms with Crippen LogP contribution in [0.1, 0.15) is 12.5 Å². The number of ether oxygens (including phenoxy) is 2. The van der Waals surface area contributed by atoms with E-state index in [9.17, 15) is 19.4 Å². The Morgan fingerprint density at radius 3 is 2.69 bits per heavy atom. The summed E-state index contributed by atoms with van der Waals surface area (Å²) in [5.74, 6) is -1.22. The second kappa shape index (κ2) is 8.83. The van der Waals surface area contributed by atoms with Crippen LogP contribution in [-0.4, -0.2) is 34.9 Å². The number of phenolic OH excluding ortho intramolecular Hbond substituents is 1. The third-order valence-electron chi connectivity index (χ3n) is 3.97. The van der Waals surface area contributed by atoms with Crippen molar-refractivity contribution in [3.63, 3.8) is 0 Å². The fraction of sp³-hybridized carbons (Fsp3) is 0.143. The molecule has 0 atom stereocenters. The van der Waals surface area contributed by atoms with E-state index in [4.69, 9.17) is 9.47 Å². The summed E-state index contributed by atoms with van der Waals surface area (Å²) in [6, 6.07) is 10.5. The van der Waals surface area contributed by atoms with Crippen molar-refractivity contribution in [2.45, 2.75) is 6.92 Å². The van der Waals surface area contributed by atoms with Crippen molar-refractivity contribution in [2.75, 3.05) is 13.7 Å². The number of thioether (sulfide) groups is 1. The van der Waals surface area contributed by atoms with Gasteiger partial charge in [-0.2, -0.15) is 0 Å². The van der Waals surface area contributed by atoms with Gasteiger partial charge < -0.3 is 19.7 Å². The topological polar surface area (TPSA) is 88.4 Å². The van der Waals surface area contributed by atoms with E-state index in [1.165, 1.54) is 37.5 Å². The van der Waals surface area contributed by atoms with Crippen molar-refractivity contribution >= 4 is 34.5 Å². The molecule has 1 aliphatic heterocycles. The highest BCUT2D eigenvalue weighted by molar-refractivity contribution is 8.18. The smallest absolute Gasteiger partial charge is 0.344 e. The van der Waals surface area contributed by atoms with Gasteiger partial charge in [0.2, 0.25) is 0 Å². The first-order valence-corrected chi connectivity index (χ1v) is 9.47. The average Bonchev–Trinajstić information content (AvgIpc) is 3.00. The Labute approximate surface area is 171 Å². The van der Waals surface area contributed by atoms with Gasteiger partial charge in [-0.05, 0) is 43.3 Å². The highest BCUT2D eigenvalue weighted by Gasteiger charge is 2.33. The monoisotopic (exact) mass is 415 g/mol. The number of nitrogens with zero attached hydrogens (tertiary/aromatic N) is 1. The first kappa shape index (κ1) is 20.5. The fourth-order valence-electron chi connectivity index (χ4n) is 2.56. The van der Waals surface area contributed by atoms with Gasteiger partial charge in [-0.1, -0.05) is 23.9 Å². The molecule has 0 aliphatic carbocycles. The summed E-state index contributed by atoms with van der Waals surface area (Å²) in [6.45, 7) is 1.74. The van der Waals surface area contributed by atoms with E-state index in [1.807, 2.05) is 0 Å². The lowest BCUT2D eigenvalue weighted by Crippen LogP contribution is -2.12. The van der Waals surface area contributed by atoms with Gasteiger partial charge >= 0.3 is 5.97 Å². The van der Waals surface area contributed by atoms with E-state index in [0.29, 0.717) is 11.3 Å². The third kappa shape index (κ3) is 4.43. The first-order chi connectivity index (χ1) is 13.9. The normalized spacial score (nSPS) is 16.5. The van der Waals surface area contributed by atoms with Crippen LogP contribution in [0.3, 0.4) is 0 Å². The Morgan fingerprint density at radius 1 is 1.24 bits per heavy atom. The number of carbonyl (C=O) groups is 1. The predicted molar refractivity (Wildman–Crippen MR) is 110 cm³/mol. The molecule has 0 saturated carbocycles. The zero-order chi connectivity index (χ0) is 21.0. The number of phenols is 1. The van der Waals surface area contributed by atoms with Gasteiger partial charge in [-0.15, -0.1) is 0 Å². The molecule has 0 fully saturated rings. The van der Waals surface area contributed by atoms with Crippen LogP contribution in [0.15, 0.2) is 63.7 Å². The van der Waals surface area contributed by atoms with Gasteiger partial charge in [-0.25, -0.2) is 14.2 Å². The van der Waals surface area contributed by atoms with Crippen LogP contribution in [-0.2, 0) is 9.53 Å². The molecule has 2 aromatic carbocycles. The molecule has 0 amide bonds. The third-order valence-corrected chi connectivity index (χ3v) is 4.99. The maximum Gasteiger partial charge on any atom is 0.344 e. The number of para-hydroxylation sites is 1. The summed E-state index contributed by atoms with van der Waals surface area (Å²) >= 11 is 0.969. The van der Waals surface area contributed by atoms with Crippen LogP contribution >= 0.6 is 11.8 Å². The minimum absolute atomic E-state index is 0.0232. The average molecular weight is 415 g/mol. The Kier molecular flexibility index (Phi) is 6.23. The van der Waals surface area contributed by atoms with Crippen LogP contribution in [0.5, 0.6) is 11.5 Å². The summed E-state index contributed by atoms with van der Waals surface area (Å²) in [7, 11) is 1.49. The van der Waals surface area contributed by atoms with Crippen molar-refractivity contribution in [1.82, 2.24) is 0 Å². The highest BCUT2D eigenvalue weighted by Crippen LogP contribution is 2.41. The van der Waals surface area contributed by atoms with Crippen molar-refractivity contribution in [3.05, 3.63) is 70.1 Å². The number of halogens is 1. The van der Waals surface area contributed by atoms with Crippen LogP contribution in [0, 0.1) is 5.82 Å². The lowest BCUT2D eigenvalue weighted by atomic mass is 10.1. The van der Waals surface area contributed by atoms with E-state index >= 15 is 0 Å². The Bertz CT molecular complexity index is 1050. The zero-order valence-corrected chi connectivity index (χ0v) is 16.5. The van der Waals surface area contributed by atoms with Gasteiger partial charge in [-0.3, -0.25) is 0 Å². The van der Waals surface area contributed by atoms with E-state index < -0.39 is 11.8 Å². The van der Waals surface area contributed by atoms with Crippen molar-refractivity contribution in [2.24, 2.45) is 4.99 Å². The summed E-state index contributed by atoms with van der Waals surface area (Å²) < 4.78 is 24.2. The number of aromatic hydroxyl groups is 1.